The van der Waals surface area contributed by atoms with Crippen molar-refractivity contribution in [3.63, 3.8) is 0 Å². The van der Waals surface area contributed by atoms with Gasteiger partial charge in [-0.1, -0.05) is 0 Å². The molecule has 2 aliphatic rings. The van der Waals surface area contributed by atoms with Gasteiger partial charge in [0.2, 0.25) is 0 Å². The van der Waals surface area contributed by atoms with E-state index in [9.17, 15) is 4.79 Å². The number of hydrogen-bond donors (Lipinski definition) is 1. The third-order valence-electron chi connectivity index (χ3n) is 2.94. The first-order valence-corrected chi connectivity index (χ1v) is 5.95. The van der Waals surface area contributed by atoms with Crippen LogP contribution in [0.4, 0.5) is 4.79 Å². The SMILES string of the molecule is CC(C)(C)OC(=O)NC(C1CC1)C1CC1. The van der Waals surface area contributed by atoms with Crippen LogP contribution in [0.25, 0.3) is 0 Å². The Hall–Kier alpha value is -0.730. The fourth-order valence-electron chi connectivity index (χ4n) is 1.97. The minimum absolute atomic E-state index is 0.244. The molecule has 1 N–H and O–H groups in total. The summed E-state index contributed by atoms with van der Waals surface area (Å²) in [7, 11) is 0. The van der Waals surface area contributed by atoms with Gasteiger partial charge in [-0.05, 0) is 58.3 Å². The molecule has 2 rings (SSSR count). The molecule has 0 aromatic heterocycles. The third kappa shape index (κ3) is 3.40. The third-order valence-corrected chi connectivity index (χ3v) is 2.94. The summed E-state index contributed by atoms with van der Waals surface area (Å²) in [6, 6.07) is 0.389. The molecule has 1 amide bonds. The molecule has 2 saturated carbocycles. The molecule has 2 fully saturated rings. The Morgan fingerprint density at radius 3 is 2.00 bits per heavy atom. The molecule has 0 saturated heterocycles. The number of amides is 1. The lowest BCUT2D eigenvalue weighted by Gasteiger charge is -2.23. The van der Waals surface area contributed by atoms with Crippen molar-refractivity contribution in [1.29, 1.82) is 0 Å². The molecule has 0 aromatic rings. The van der Waals surface area contributed by atoms with Crippen molar-refractivity contribution in [3.8, 4) is 0 Å². The van der Waals surface area contributed by atoms with Crippen LogP contribution in [0.3, 0.4) is 0 Å². The van der Waals surface area contributed by atoms with Gasteiger partial charge in [-0.25, -0.2) is 4.79 Å². The van der Waals surface area contributed by atoms with Crippen LogP contribution in [-0.4, -0.2) is 17.7 Å². The Morgan fingerprint density at radius 2 is 1.67 bits per heavy atom. The van der Waals surface area contributed by atoms with E-state index in [1.807, 2.05) is 20.8 Å². The molecule has 0 aliphatic heterocycles. The van der Waals surface area contributed by atoms with E-state index < -0.39 is 0 Å². The summed E-state index contributed by atoms with van der Waals surface area (Å²) in [6.45, 7) is 5.70. The van der Waals surface area contributed by atoms with E-state index in [4.69, 9.17) is 4.74 Å². The Balaban J connectivity index is 1.80. The van der Waals surface area contributed by atoms with Crippen molar-refractivity contribution in [1.82, 2.24) is 5.32 Å². The molecular formula is C12H21NO2. The average Bonchev–Trinajstić information content (AvgIpc) is 2.92. The second-order valence-corrected chi connectivity index (χ2v) is 5.85. The summed E-state index contributed by atoms with van der Waals surface area (Å²) in [5, 5.41) is 3.04. The van der Waals surface area contributed by atoms with Crippen LogP contribution >= 0.6 is 0 Å². The number of carbonyl (C=O) groups is 1. The zero-order valence-corrected chi connectivity index (χ0v) is 9.88. The van der Waals surface area contributed by atoms with Crippen molar-refractivity contribution in [3.05, 3.63) is 0 Å². The largest absolute Gasteiger partial charge is 0.444 e. The molecule has 0 atom stereocenters. The van der Waals surface area contributed by atoms with Gasteiger partial charge in [0.05, 0.1) is 0 Å². The minimum atomic E-state index is -0.387. The Labute approximate surface area is 91.6 Å². The van der Waals surface area contributed by atoms with E-state index in [0.29, 0.717) is 6.04 Å². The highest BCUT2D eigenvalue weighted by molar-refractivity contribution is 5.68. The van der Waals surface area contributed by atoms with Crippen molar-refractivity contribution in [2.45, 2.75) is 58.1 Å². The lowest BCUT2D eigenvalue weighted by atomic mass is 10.1. The second-order valence-electron chi connectivity index (χ2n) is 5.85. The van der Waals surface area contributed by atoms with Crippen LogP contribution in [0, 0.1) is 11.8 Å². The molecular weight excluding hydrogens is 190 g/mol. The molecule has 86 valence electrons. The molecule has 2 aliphatic carbocycles. The van der Waals surface area contributed by atoms with Gasteiger partial charge < -0.3 is 10.1 Å². The first-order valence-electron chi connectivity index (χ1n) is 5.95. The van der Waals surface area contributed by atoms with Gasteiger partial charge in [0.25, 0.3) is 0 Å². The summed E-state index contributed by atoms with van der Waals surface area (Å²) >= 11 is 0. The van der Waals surface area contributed by atoms with E-state index in [1.165, 1.54) is 25.7 Å². The molecule has 3 heteroatoms. The van der Waals surface area contributed by atoms with Gasteiger partial charge in [0, 0.05) is 6.04 Å². The lowest BCUT2D eigenvalue weighted by molar-refractivity contribution is 0.0490. The molecule has 0 aromatic carbocycles. The lowest BCUT2D eigenvalue weighted by Crippen LogP contribution is -2.41. The zero-order chi connectivity index (χ0) is 11.1. The topological polar surface area (TPSA) is 38.3 Å². The fourth-order valence-corrected chi connectivity index (χ4v) is 1.97. The first-order chi connectivity index (χ1) is 6.96. The van der Waals surface area contributed by atoms with Crippen molar-refractivity contribution < 1.29 is 9.53 Å². The number of carbonyl (C=O) groups excluding carboxylic acids is 1. The number of hydrogen-bond acceptors (Lipinski definition) is 2. The molecule has 3 nitrogen and oxygen atoms in total. The monoisotopic (exact) mass is 211 g/mol. The van der Waals surface area contributed by atoms with E-state index in [1.54, 1.807) is 0 Å². The van der Waals surface area contributed by atoms with Crippen LogP contribution in [0.1, 0.15) is 46.5 Å². The van der Waals surface area contributed by atoms with Crippen molar-refractivity contribution >= 4 is 6.09 Å². The quantitative estimate of drug-likeness (QED) is 0.779. The van der Waals surface area contributed by atoms with Crippen LogP contribution < -0.4 is 5.32 Å². The van der Waals surface area contributed by atoms with Crippen molar-refractivity contribution in [2.75, 3.05) is 0 Å². The smallest absolute Gasteiger partial charge is 0.407 e. The molecule has 15 heavy (non-hydrogen) atoms. The van der Waals surface area contributed by atoms with Crippen molar-refractivity contribution in [2.24, 2.45) is 11.8 Å². The number of nitrogens with one attached hydrogen (secondary N) is 1. The maximum atomic E-state index is 11.6. The molecule has 0 heterocycles. The van der Waals surface area contributed by atoms with Crippen LogP contribution in [0.2, 0.25) is 0 Å². The molecule has 0 unspecified atom stereocenters. The normalized spacial score (nSPS) is 21.6. The summed E-state index contributed by atoms with van der Waals surface area (Å²) in [6.07, 6.45) is 4.85. The van der Waals surface area contributed by atoms with E-state index in [-0.39, 0.29) is 11.7 Å². The summed E-state index contributed by atoms with van der Waals surface area (Å²) < 4.78 is 5.27. The number of ether oxygens (including phenoxy) is 1. The summed E-state index contributed by atoms with van der Waals surface area (Å²) in [5.41, 5.74) is -0.387. The van der Waals surface area contributed by atoms with E-state index >= 15 is 0 Å². The van der Waals surface area contributed by atoms with Gasteiger partial charge in [-0.2, -0.15) is 0 Å². The van der Waals surface area contributed by atoms with Gasteiger partial charge in [-0.15, -0.1) is 0 Å². The first kappa shape index (κ1) is 10.8. The number of rotatable bonds is 3. The Kier molecular flexibility index (Phi) is 2.65. The Bertz CT molecular complexity index is 237. The summed E-state index contributed by atoms with van der Waals surface area (Å²) in [4.78, 5) is 11.6. The summed E-state index contributed by atoms with van der Waals surface area (Å²) in [5.74, 6) is 1.45. The highest BCUT2D eigenvalue weighted by atomic mass is 16.6. The molecule has 0 radical (unpaired) electrons. The van der Waals surface area contributed by atoms with Gasteiger partial charge in [0.15, 0.2) is 0 Å². The molecule has 0 spiro atoms. The predicted molar refractivity (Wildman–Crippen MR) is 58.6 cm³/mol. The zero-order valence-electron chi connectivity index (χ0n) is 9.88. The van der Waals surface area contributed by atoms with E-state index in [2.05, 4.69) is 5.32 Å². The van der Waals surface area contributed by atoms with Gasteiger partial charge in [0.1, 0.15) is 5.60 Å². The maximum Gasteiger partial charge on any atom is 0.407 e. The van der Waals surface area contributed by atoms with Crippen LogP contribution in [0.5, 0.6) is 0 Å². The average molecular weight is 211 g/mol. The standard InChI is InChI=1S/C12H21NO2/c1-12(2,3)15-11(14)13-10(8-4-5-8)9-6-7-9/h8-10H,4-7H2,1-3H3,(H,13,14). The minimum Gasteiger partial charge on any atom is -0.444 e. The van der Waals surface area contributed by atoms with Crippen LogP contribution in [-0.2, 0) is 4.74 Å². The van der Waals surface area contributed by atoms with Gasteiger partial charge >= 0.3 is 6.09 Å². The number of alkyl carbamates (subject to hydrolysis) is 1. The fraction of sp³-hybridized carbons (Fsp3) is 0.917. The Morgan fingerprint density at radius 1 is 1.20 bits per heavy atom. The highest BCUT2D eigenvalue weighted by Crippen LogP contribution is 2.44. The van der Waals surface area contributed by atoms with E-state index in [0.717, 1.165) is 11.8 Å². The maximum absolute atomic E-state index is 11.6. The molecule has 0 bridgehead atoms. The predicted octanol–water partition coefficient (Wildman–Crippen LogP) is 2.70. The highest BCUT2D eigenvalue weighted by Gasteiger charge is 2.42. The second kappa shape index (κ2) is 3.69. The van der Waals surface area contributed by atoms with Crippen LogP contribution in [0.15, 0.2) is 0 Å². The van der Waals surface area contributed by atoms with Gasteiger partial charge in [-0.3, -0.25) is 0 Å².